The van der Waals surface area contributed by atoms with Crippen LogP contribution in [0.25, 0.3) is 0 Å². The molecule has 2 atom stereocenters. The number of rotatable bonds is 3. The molecule has 0 saturated heterocycles. The van der Waals surface area contributed by atoms with Crippen LogP contribution < -0.4 is 5.32 Å². The van der Waals surface area contributed by atoms with Crippen molar-refractivity contribution in [1.82, 2.24) is 5.32 Å². The summed E-state index contributed by atoms with van der Waals surface area (Å²) in [5.74, 6) is 0.424. The third kappa shape index (κ3) is 3.49. The number of carbonyl (C=O) groups excluding carboxylic acids is 1. The molecule has 19 heavy (non-hydrogen) atoms. The number of carbonyl (C=O) groups is 1. The van der Waals surface area contributed by atoms with Gasteiger partial charge in [0.2, 0.25) is 0 Å². The second kappa shape index (κ2) is 5.42. The number of hydrogen-bond donors (Lipinski definition) is 1. The van der Waals surface area contributed by atoms with Gasteiger partial charge in [0.15, 0.2) is 0 Å². The molecule has 0 spiro atoms. The molecule has 1 fully saturated rings. The molecule has 0 bridgehead atoms. The van der Waals surface area contributed by atoms with Crippen LogP contribution in [0.5, 0.6) is 0 Å². The Morgan fingerprint density at radius 3 is 2.63 bits per heavy atom. The van der Waals surface area contributed by atoms with E-state index in [0.29, 0.717) is 15.7 Å². The van der Waals surface area contributed by atoms with E-state index in [1.54, 1.807) is 6.92 Å². The molecule has 1 N–H and O–H groups in total. The van der Waals surface area contributed by atoms with Gasteiger partial charge in [-0.05, 0) is 38.2 Å². The molecule has 4 nitrogen and oxygen atoms in total. The molecule has 0 radical (unpaired) electrons. The summed E-state index contributed by atoms with van der Waals surface area (Å²) in [6.45, 7) is 3.81. The first kappa shape index (κ1) is 14.8. The quantitative estimate of drug-likeness (QED) is 0.871. The zero-order chi connectivity index (χ0) is 14.2. The molecular formula is C12H16ClNO3S2. The third-order valence-corrected chi connectivity index (χ3v) is 6.02. The van der Waals surface area contributed by atoms with Gasteiger partial charge in [-0.1, -0.05) is 6.92 Å². The van der Waals surface area contributed by atoms with Crippen molar-refractivity contribution in [3.63, 3.8) is 0 Å². The van der Waals surface area contributed by atoms with Crippen LogP contribution >= 0.6 is 22.0 Å². The predicted molar refractivity (Wildman–Crippen MR) is 76.4 cm³/mol. The first-order chi connectivity index (χ1) is 8.77. The highest BCUT2D eigenvalue weighted by atomic mass is 35.7. The summed E-state index contributed by atoms with van der Waals surface area (Å²) in [4.78, 5) is 13.0. The molecule has 1 saturated carbocycles. The molecule has 0 aliphatic heterocycles. The first-order valence-corrected chi connectivity index (χ1v) is 9.26. The van der Waals surface area contributed by atoms with Gasteiger partial charge in [-0.3, -0.25) is 4.79 Å². The minimum atomic E-state index is -3.78. The van der Waals surface area contributed by atoms with E-state index in [-0.39, 0.29) is 16.8 Å². The molecule has 7 heteroatoms. The van der Waals surface area contributed by atoms with Crippen molar-refractivity contribution < 1.29 is 13.2 Å². The van der Waals surface area contributed by atoms with E-state index in [1.807, 2.05) is 0 Å². The Morgan fingerprint density at radius 1 is 1.47 bits per heavy atom. The largest absolute Gasteiger partial charge is 0.349 e. The fourth-order valence-electron chi connectivity index (χ4n) is 2.41. The van der Waals surface area contributed by atoms with Gasteiger partial charge >= 0.3 is 0 Å². The van der Waals surface area contributed by atoms with Crippen LogP contribution in [0.4, 0.5) is 0 Å². The molecule has 0 aromatic carbocycles. The standard InChI is InChI=1S/C12H16ClNO3S2/c1-7-3-4-9(5-7)14-12(15)10-6-11(8(2)18-10)19(13,16)17/h6-7,9H,3-5H2,1-2H3,(H,14,15). The number of hydrogen-bond acceptors (Lipinski definition) is 4. The number of thiophene rings is 1. The lowest BCUT2D eigenvalue weighted by Gasteiger charge is -2.11. The fraction of sp³-hybridized carbons (Fsp3) is 0.583. The number of amides is 1. The SMILES string of the molecule is Cc1sc(C(=O)NC2CCC(C)C2)cc1S(=O)(=O)Cl. The van der Waals surface area contributed by atoms with Gasteiger partial charge in [-0.2, -0.15) is 0 Å². The summed E-state index contributed by atoms with van der Waals surface area (Å²) in [5, 5.41) is 2.95. The van der Waals surface area contributed by atoms with E-state index in [0.717, 1.165) is 30.6 Å². The van der Waals surface area contributed by atoms with Crippen molar-refractivity contribution in [2.75, 3.05) is 0 Å². The van der Waals surface area contributed by atoms with Crippen LogP contribution in [0.1, 0.15) is 40.7 Å². The first-order valence-electron chi connectivity index (χ1n) is 6.13. The average Bonchev–Trinajstić information content (AvgIpc) is 2.84. The van der Waals surface area contributed by atoms with E-state index in [1.165, 1.54) is 6.07 Å². The summed E-state index contributed by atoms with van der Waals surface area (Å²) in [6.07, 6.45) is 3.09. The van der Waals surface area contributed by atoms with E-state index in [2.05, 4.69) is 12.2 Å². The number of aryl methyl sites for hydroxylation is 1. The summed E-state index contributed by atoms with van der Waals surface area (Å²) < 4.78 is 22.6. The average molecular weight is 322 g/mol. The van der Waals surface area contributed by atoms with Crippen molar-refractivity contribution in [1.29, 1.82) is 0 Å². The van der Waals surface area contributed by atoms with Crippen LogP contribution in [0.2, 0.25) is 0 Å². The number of nitrogens with one attached hydrogen (secondary N) is 1. The fourth-order valence-corrected chi connectivity index (χ4v) is 4.98. The van der Waals surface area contributed by atoms with Gasteiger partial charge in [0.05, 0.1) is 9.77 Å². The molecule has 1 heterocycles. The van der Waals surface area contributed by atoms with E-state index in [4.69, 9.17) is 10.7 Å². The Labute approximate surface area is 121 Å². The Kier molecular flexibility index (Phi) is 4.23. The number of halogens is 1. The highest BCUT2D eigenvalue weighted by molar-refractivity contribution is 8.13. The molecule has 106 valence electrons. The van der Waals surface area contributed by atoms with Crippen LogP contribution in [-0.2, 0) is 9.05 Å². The summed E-state index contributed by atoms with van der Waals surface area (Å²) in [6, 6.07) is 1.55. The zero-order valence-electron chi connectivity index (χ0n) is 10.8. The Hall–Kier alpha value is -0.590. The monoisotopic (exact) mass is 321 g/mol. The lowest BCUT2D eigenvalue weighted by molar-refractivity contribution is 0.0941. The van der Waals surface area contributed by atoms with Crippen LogP contribution in [0, 0.1) is 12.8 Å². The molecule has 1 aliphatic rings. The maximum Gasteiger partial charge on any atom is 0.262 e. The second-order valence-corrected chi connectivity index (χ2v) is 8.85. The van der Waals surface area contributed by atoms with Gasteiger partial charge in [0, 0.05) is 21.6 Å². The lowest BCUT2D eigenvalue weighted by atomic mass is 10.1. The Bertz CT molecular complexity index is 594. The normalized spacial score (nSPS) is 23.5. The van der Waals surface area contributed by atoms with Crippen LogP contribution in [0.3, 0.4) is 0 Å². The van der Waals surface area contributed by atoms with E-state index in [9.17, 15) is 13.2 Å². The van der Waals surface area contributed by atoms with Crippen LogP contribution in [0.15, 0.2) is 11.0 Å². The second-order valence-electron chi connectivity index (χ2n) is 5.06. The summed E-state index contributed by atoms with van der Waals surface area (Å²) in [7, 11) is 1.54. The van der Waals surface area contributed by atoms with Gasteiger partial charge < -0.3 is 5.32 Å². The van der Waals surface area contributed by atoms with Gasteiger partial charge in [-0.15, -0.1) is 11.3 Å². The molecule has 1 aliphatic carbocycles. The minimum absolute atomic E-state index is 0.0316. The van der Waals surface area contributed by atoms with Crippen LogP contribution in [-0.4, -0.2) is 20.4 Å². The maximum absolute atomic E-state index is 12.1. The maximum atomic E-state index is 12.1. The molecular weight excluding hydrogens is 306 g/mol. The minimum Gasteiger partial charge on any atom is -0.349 e. The molecule has 2 rings (SSSR count). The molecule has 1 aromatic heterocycles. The van der Waals surface area contributed by atoms with Crippen molar-refractivity contribution >= 4 is 37.0 Å². The summed E-state index contributed by atoms with van der Waals surface area (Å²) in [5.41, 5.74) is 0. The highest BCUT2D eigenvalue weighted by Crippen LogP contribution is 2.29. The summed E-state index contributed by atoms with van der Waals surface area (Å²) >= 11 is 1.16. The van der Waals surface area contributed by atoms with E-state index < -0.39 is 9.05 Å². The van der Waals surface area contributed by atoms with Crippen molar-refractivity contribution in [3.05, 3.63) is 15.8 Å². The Morgan fingerprint density at radius 2 is 2.16 bits per heavy atom. The van der Waals surface area contributed by atoms with Gasteiger partial charge in [0.1, 0.15) is 0 Å². The highest BCUT2D eigenvalue weighted by Gasteiger charge is 2.25. The smallest absolute Gasteiger partial charge is 0.262 e. The van der Waals surface area contributed by atoms with Crippen molar-refractivity contribution in [2.24, 2.45) is 5.92 Å². The molecule has 2 unspecified atom stereocenters. The van der Waals surface area contributed by atoms with Crippen molar-refractivity contribution in [2.45, 2.75) is 44.0 Å². The molecule has 1 amide bonds. The van der Waals surface area contributed by atoms with Gasteiger partial charge in [-0.25, -0.2) is 8.42 Å². The molecule has 1 aromatic rings. The lowest BCUT2D eigenvalue weighted by Crippen LogP contribution is -2.32. The Balaban J connectivity index is 2.12. The zero-order valence-corrected chi connectivity index (χ0v) is 13.2. The van der Waals surface area contributed by atoms with E-state index >= 15 is 0 Å². The third-order valence-electron chi connectivity index (χ3n) is 3.39. The topological polar surface area (TPSA) is 63.2 Å². The predicted octanol–water partition coefficient (Wildman–Crippen LogP) is 2.90. The van der Waals surface area contributed by atoms with Crippen molar-refractivity contribution in [3.8, 4) is 0 Å². The van der Waals surface area contributed by atoms with Gasteiger partial charge in [0.25, 0.3) is 15.0 Å².